The third-order valence-corrected chi connectivity index (χ3v) is 6.97. The summed E-state index contributed by atoms with van der Waals surface area (Å²) >= 11 is 18.3. The molecule has 2 aromatic carbocycles. The third-order valence-electron chi connectivity index (χ3n) is 6.11. The Kier molecular flexibility index (Phi) is 4.65. The van der Waals surface area contributed by atoms with E-state index in [0.29, 0.717) is 16.4 Å². The van der Waals surface area contributed by atoms with Crippen LogP contribution in [-0.2, 0) is 9.59 Å². The monoisotopic (exact) mass is 460 g/mol. The summed E-state index contributed by atoms with van der Waals surface area (Å²) in [7, 11) is 0. The van der Waals surface area contributed by atoms with Gasteiger partial charge in [-0.15, -0.1) is 0 Å². The van der Waals surface area contributed by atoms with Crippen LogP contribution in [0.25, 0.3) is 0 Å². The van der Waals surface area contributed by atoms with Crippen LogP contribution in [0.1, 0.15) is 16.8 Å². The van der Waals surface area contributed by atoms with E-state index in [-0.39, 0.29) is 51.1 Å². The zero-order chi connectivity index (χ0) is 21.2. The Hall–Kier alpha value is -2.34. The van der Waals surface area contributed by atoms with Crippen LogP contribution in [0.3, 0.4) is 0 Å². The van der Waals surface area contributed by atoms with Crippen molar-refractivity contribution in [3.63, 3.8) is 0 Å². The van der Waals surface area contributed by atoms with Crippen molar-refractivity contribution >= 4 is 63.9 Å². The first-order valence-electron chi connectivity index (χ1n) is 9.47. The number of imide groups is 1. The Balaban J connectivity index is 1.38. The Morgan fingerprint density at radius 1 is 0.900 bits per heavy atom. The maximum absolute atomic E-state index is 12.9. The van der Waals surface area contributed by atoms with Crippen LogP contribution in [0, 0.1) is 23.7 Å². The minimum Gasteiger partial charge on any atom is -0.321 e. The van der Waals surface area contributed by atoms with Crippen molar-refractivity contribution in [1.29, 1.82) is 0 Å². The van der Waals surface area contributed by atoms with Gasteiger partial charge < -0.3 is 5.32 Å². The van der Waals surface area contributed by atoms with Gasteiger partial charge in [-0.25, -0.2) is 4.90 Å². The fourth-order valence-corrected chi connectivity index (χ4v) is 5.48. The number of benzene rings is 2. The number of amides is 3. The van der Waals surface area contributed by atoms with Gasteiger partial charge in [0.2, 0.25) is 11.8 Å². The molecule has 2 aromatic rings. The summed E-state index contributed by atoms with van der Waals surface area (Å²) in [6.07, 6.45) is 4.97. The lowest BCUT2D eigenvalue weighted by Crippen LogP contribution is -2.32. The van der Waals surface area contributed by atoms with Gasteiger partial charge in [0.1, 0.15) is 0 Å². The number of hydrogen-bond acceptors (Lipinski definition) is 3. The van der Waals surface area contributed by atoms with Crippen molar-refractivity contribution in [3.05, 3.63) is 69.2 Å². The minimum absolute atomic E-state index is 0.139. The van der Waals surface area contributed by atoms with Crippen LogP contribution in [-0.4, -0.2) is 17.7 Å². The van der Waals surface area contributed by atoms with Gasteiger partial charge in [-0.05, 0) is 54.7 Å². The number of nitrogens with zero attached hydrogens (tertiary/aromatic N) is 1. The number of allylic oxidation sites excluding steroid dienone is 2. The van der Waals surface area contributed by atoms with E-state index in [4.69, 9.17) is 34.8 Å². The lowest BCUT2D eigenvalue weighted by atomic mass is 9.85. The molecule has 0 radical (unpaired) electrons. The van der Waals surface area contributed by atoms with E-state index < -0.39 is 5.91 Å². The Bertz CT molecular complexity index is 1120. The first-order valence-corrected chi connectivity index (χ1v) is 10.6. The van der Waals surface area contributed by atoms with Gasteiger partial charge in [-0.3, -0.25) is 14.4 Å². The molecule has 0 aromatic heterocycles. The second-order valence-corrected chi connectivity index (χ2v) is 9.01. The Morgan fingerprint density at radius 2 is 1.57 bits per heavy atom. The second kappa shape index (κ2) is 7.12. The number of fused-ring (bicyclic) bond motifs is 5. The summed E-state index contributed by atoms with van der Waals surface area (Å²) in [6, 6.07) is 9.26. The molecule has 1 N–H and O–H groups in total. The number of carbonyl (C=O) groups is 3. The second-order valence-electron chi connectivity index (χ2n) is 7.75. The normalized spacial score (nSPS) is 26.4. The molecule has 2 fully saturated rings. The molecule has 4 atom stereocenters. The molecule has 3 amide bonds. The van der Waals surface area contributed by atoms with E-state index >= 15 is 0 Å². The van der Waals surface area contributed by atoms with Crippen LogP contribution in [0.2, 0.25) is 15.1 Å². The fourth-order valence-electron chi connectivity index (χ4n) is 4.76. The zero-order valence-corrected chi connectivity index (χ0v) is 17.7. The fraction of sp³-hybridized carbons (Fsp3) is 0.227. The first kappa shape index (κ1) is 19.6. The van der Waals surface area contributed by atoms with Gasteiger partial charge in [0.15, 0.2) is 0 Å². The number of nitrogens with one attached hydrogen (secondary N) is 1. The molecule has 2 aliphatic carbocycles. The zero-order valence-electron chi connectivity index (χ0n) is 15.4. The highest BCUT2D eigenvalue weighted by Crippen LogP contribution is 2.53. The number of anilines is 2. The topological polar surface area (TPSA) is 66.5 Å². The highest BCUT2D eigenvalue weighted by Gasteiger charge is 2.59. The first-order chi connectivity index (χ1) is 14.3. The molecular formula is C22H15Cl3N2O3. The van der Waals surface area contributed by atoms with Crippen LogP contribution >= 0.6 is 34.8 Å². The van der Waals surface area contributed by atoms with Gasteiger partial charge >= 0.3 is 0 Å². The van der Waals surface area contributed by atoms with E-state index in [1.165, 1.54) is 23.1 Å². The maximum Gasteiger partial charge on any atom is 0.257 e. The summed E-state index contributed by atoms with van der Waals surface area (Å²) in [5.74, 6) is -1.09. The lowest BCUT2D eigenvalue weighted by Gasteiger charge is -2.18. The van der Waals surface area contributed by atoms with Gasteiger partial charge in [0.05, 0.1) is 38.8 Å². The molecule has 30 heavy (non-hydrogen) atoms. The number of rotatable bonds is 3. The van der Waals surface area contributed by atoms with E-state index in [1.54, 1.807) is 18.2 Å². The minimum atomic E-state index is -0.447. The molecule has 1 saturated carbocycles. The van der Waals surface area contributed by atoms with Gasteiger partial charge in [-0.2, -0.15) is 0 Å². The molecule has 1 aliphatic heterocycles. The summed E-state index contributed by atoms with van der Waals surface area (Å²) in [6.45, 7) is 0. The van der Waals surface area contributed by atoms with E-state index in [0.717, 1.165) is 6.42 Å². The predicted molar refractivity (Wildman–Crippen MR) is 116 cm³/mol. The molecule has 152 valence electrons. The third kappa shape index (κ3) is 2.96. The number of carbonyl (C=O) groups excluding carboxylic acids is 3. The highest BCUT2D eigenvalue weighted by molar-refractivity contribution is 6.38. The molecule has 5 rings (SSSR count). The van der Waals surface area contributed by atoms with Crippen molar-refractivity contribution in [3.8, 4) is 0 Å². The average molecular weight is 462 g/mol. The molecule has 0 unspecified atom stereocenters. The molecule has 0 spiro atoms. The van der Waals surface area contributed by atoms with Crippen molar-refractivity contribution in [1.82, 2.24) is 0 Å². The Morgan fingerprint density at radius 3 is 2.17 bits per heavy atom. The van der Waals surface area contributed by atoms with Crippen LogP contribution < -0.4 is 10.2 Å². The smallest absolute Gasteiger partial charge is 0.257 e. The molecular weight excluding hydrogens is 447 g/mol. The summed E-state index contributed by atoms with van der Waals surface area (Å²) in [5, 5.41) is 3.55. The molecule has 8 heteroatoms. The summed E-state index contributed by atoms with van der Waals surface area (Å²) in [5.41, 5.74) is 1.01. The van der Waals surface area contributed by atoms with E-state index in [9.17, 15) is 14.4 Å². The predicted octanol–water partition coefficient (Wildman–Crippen LogP) is 5.21. The lowest BCUT2D eigenvalue weighted by molar-refractivity contribution is -0.123. The van der Waals surface area contributed by atoms with Gasteiger partial charge in [-0.1, -0.05) is 47.0 Å². The average Bonchev–Trinajstić information content (AvgIpc) is 3.37. The molecule has 1 saturated heterocycles. The standard InChI is InChI=1S/C22H15Cl3N2O3/c23-12-3-5-14(15(24)8-12)20(28)26-17-6-4-13(9-16(17)25)27-21(29)18-10-1-2-11(7-10)19(18)22(27)30/h1-6,8-11,18-19H,7H2,(H,26,28)/t10-,11+,18-,19+. The Labute approximate surface area is 187 Å². The van der Waals surface area contributed by atoms with Crippen molar-refractivity contribution in [2.75, 3.05) is 10.2 Å². The molecule has 2 bridgehead atoms. The van der Waals surface area contributed by atoms with Crippen molar-refractivity contribution < 1.29 is 14.4 Å². The molecule has 1 heterocycles. The molecule has 3 aliphatic rings. The van der Waals surface area contributed by atoms with Gasteiger partial charge in [0.25, 0.3) is 5.91 Å². The summed E-state index contributed by atoms with van der Waals surface area (Å²) in [4.78, 5) is 39.7. The van der Waals surface area contributed by atoms with E-state index in [2.05, 4.69) is 5.32 Å². The summed E-state index contributed by atoms with van der Waals surface area (Å²) < 4.78 is 0. The van der Waals surface area contributed by atoms with Crippen LogP contribution in [0.5, 0.6) is 0 Å². The number of hydrogen-bond donors (Lipinski definition) is 1. The maximum atomic E-state index is 12.9. The SMILES string of the molecule is O=C(Nc1ccc(N2C(=O)[C@@H]3[C@H](C2=O)[C@@H]2C=C[C@H]3C2)cc1Cl)c1ccc(Cl)cc1Cl. The van der Waals surface area contributed by atoms with Crippen molar-refractivity contribution in [2.45, 2.75) is 6.42 Å². The number of halogens is 3. The van der Waals surface area contributed by atoms with Crippen LogP contribution in [0.15, 0.2) is 48.6 Å². The van der Waals surface area contributed by atoms with E-state index in [1.807, 2.05) is 12.2 Å². The van der Waals surface area contributed by atoms with Crippen LogP contribution in [0.4, 0.5) is 11.4 Å². The molecule has 5 nitrogen and oxygen atoms in total. The quantitative estimate of drug-likeness (QED) is 0.504. The highest BCUT2D eigenvalue weighted by atomic mass is 35.5. The van der Waals surface area contributed by atoms with Crippen molar-refractivity contribution in [2.24, 2.45) is 23.7 Å². The largest absolute Gasteiger partial charge is 0.321 e. The van der Waals surface area contributed by atoms with Gasteiger partial charge in [0, 0.05) is 5.02 Å².